The van der Waals surface area contributed by atoms with Gasteiger partial charge in [-0.3, -0.25) is 4.68 Å². The molecule has 2 aromatic rings. The second-order valence-electron chi connectivity index (χ2n) is 6.53. The number of benzene rings is 1. The van der Waals surface area contributed by atoms with Crippen molar-refractivity contribution in [1.82, 2.24) is 9.78 Å². The zero-order valence-corrected chi connectivity index (χ0v) is 15.1. The van der Waals surface area contributed by atoms with E-state index in [0.717, 1.165) is 23.4 Å². The quantitative estimate of drug-likeness (QED) is 0.649. The molecule has 0 aliphatic heterocycles. The molecule has 1 heterocycles. The van der Waals surface area contributed by atoms with Crippen molar-refractivity contribution in [3.63, 3.8) is 0 Å². The van der Waals surface area contributed by atoms with Gasteiger partial charge in [-0.25, -0.2) is 0 Å². The molecule has 1 aromatic carbocycles. The third-order valence-corrected chi connectivity index (χ3v) is 4.63. The van der Waals surface area contributed by atoms with Gasteiger partial charge in [-0.15, -0.1) is 0 Å². The lowest BCUT2D eigenvalue weighted by molar-refractivity contribution is -0.211. The molecule has 0 radical (unpaired) electrons. The van der Waals surface area contributed by atoms with Gasteiger partial charge in [-0.1, -0.05) is 56.6 Å². The van der Waals surface area contributed by atoms with Gasteiger partial charge in [0.25, 0.3) is 0 Å². The number of hydrogen-bond donors (Lipinski definition) is 0. The maximum absolute atomic E-state index is 13.0. The van der Waals surface area contributed by atoms with Crippen molar-refractivity contribution < 1.29 is 13.2 Å². The summed E-state index contributed by atoms with van der Waals surface area (Å²) in [4.78, 5) is 0. The van der Waals surface area contributed by atoms with Crippen molar-refractivity contribution in [1.29, 1.82) is 0 Å². The first-order valence-corrected chi connectivity index (χ1v) is 8.39. The molecule has 0 unspecified atom stereocenters. The Balaban J connectivity index is 2.33. The Morgan fingerprint density at radius 2 is 1.67 bits per heavy atom. The van der Waals surface area contributed by atoms with Crippen molar-refractivity contribution in [2.24, 2.45) is 5.41 Å². The standard InChI is InChI=1S/C18H22ClF3N2/c1-5-14-15(19)16(24(6-2)23-14)13-9-7-12(8-10-13)11-17(3,4)18(20,21)22/h7-10H,5-6,11H2,1-4H3. The van der Waals surface area contributed by atoms with Gasteiger partial charge >= 0.3 is 6.18 Å². The summed E-state index contributed by atoms with van der Waals surface area (Å²) >= 11 is 6.42. The fourth-order valence-corrected chi connectivity index (χ4v) is 2.99. The van der Waals surface area contributed by atoms with Crippen LogP contribution >= 0.6 is 11.6 Å². The summed E-state index contributed by atoms with van der Waals surface area (Å²) in [6, 6.07) is 7.10. The van der Waals surface area contributed by atoms with Crippen LogP contribution in [0.25, 0.3) is 11.3 Å². The highest BCUT2D eigenvalue weighted by Gasteiger charge is 2.46. The third kappa shape index (κ3) is 3.61. The topological polar surface area (TPSA) is 17.8 Å². The van der Waals surface area contributed by atoms with Gasteiger partial charge in [-0.05, 0) is 25.3 Å². The van der Waals surface area contributed by atoms with Crippen LogP contribution in [-0.2, 0) is 19.4 Å². The number of hydrogen-bond acceptors (Lipinski definition) is 1. The minimum Gasteiger partial charge on any atom is -0.263 e. The summed E-state index contributed by atoms with van der Waals surface area (Å²) in [5.74, 6) is 0. The Kier molecular flexibility index (Phi) is 5.33. The average molecular weight is 359 g/mol. The molecule has 0 fully saturated rings. The zero-order valence-electron chi connectivity index (χ0n) is 14.3. The SMILES string of the molecule is CCc1nn(CC)c(-c2ccc(CC(C)(C)C(F)(F)F)cc2)c1Cl. The molecule has 0 amide bonds. The Bertz CT molecular complexity index is 700. The van der Waals surface area contributed by atoms with Crippen LogP contribution in [0.1, 0.15) is 39.0 Å². The first kappa shape index (κ1) is 18.8. The predicted molar refractivity (Wildman–Crippen MR) is 91.3 cm³/mol. The van der Waals surface area contributed by atoms with Crippen molar-refractivity contribution in [3.05, 3.63) is 40.5 Å². The molecular weight excluding hydrogens is 337 g/mol. The average Bonchev–Trinajstić information content (AvgIpc) is 2.82. The van der Waals surface area contributed by atoms with Gasteiger partial charge in [-0.2, -0.15) is 18.3 Å². The summed E-state index contributed by atoms with van der Waals surface area (Å²) in [7, 11) is 0. The number of aromatic nitrogens is 2. The van der Waals surface area contributed by atoms with E-state index in [1.807, 2.05) is 30.7 Å². The van der Waals surface area contributed by atoms with Crippen LogP contribution in [-0.4, -0.2) is 16.0 Å². The Morgan fingerprint density at radius 1 is 1.08 bits per heavy atom. The van der Waals surface area contributed by atoms with Crippen molar-refractivity contribution in [2.75, 3.05) is 0 Å². The van der Waals surface area contributed by atoms with Crippen LogP contribution in [0, 0.1) is 5.41 Å². The lowest BCUT2D eigenvalue weighted by atomic mass is 9.85. The van der Waals surface area contributed by atoms with Gasteiger partial charge in [0.2, 0.25) is 0 Å². The van der Waals surface area contributed by atoms with E-state index >= 15 is 0 Å². The predicted octanol–water partition coefficient (Wildman–Crippen LogP) is 5.92. The van der Waals surface area contributed by atoms with Crippen LogP contribution in [0.15, 0.2) is 24.3 Å². The summed E-state index contributed by atoms with van der Waals surface area (Å²) < 4.78 is 40.9. The van der Waals surface area contributed by atoms with Crippen LogP contribution in [0.5, 0.6) is 0 Å². The molecule has 2 rings (SSSR count). The van der Waals surface area contributed by atoms with E-state index in [0.29, 0.717) is 17.1 Å². The van der Waals surface area contributed by atoms with E-state index in [1.165, 1.54) is 13.8 Å². The molecule has 1 aromatic heterocycles. The van der Waals surface area contributed by atoms with Crippen LogP contribution in [0.4, 0.5) is 13.2 Å². The van der Waals surface area contributed by atoms with Gasteiger partial charge < -0.3 is 0 Å². The number of nitrogens with zero attached hydrogens (tertiary/aromatic N) is 2. The first-order valence-electron chi connectivity index (χ1n) is 8.02. The van der Waals surface area contributed by atoms with E-state index in [4.69, 9.17) is 11.6 Å². The molecule has 2 nitrogen and oxygen atoms in total. The van der Waals surface area contributed by atoms with Crippen LogP contribution in [0.2, 0.25) is 5.02 Å². The fraction of sp³-hybridized carbons (Fsp3) is 0.500. The van der Waals surface area contributed by atoms with E-state index in [9.17, 15) is 13.2 Å². The molecule has 0 saturated carbocycles. The highest BCUT2D eigenvalue weighted by molar-refractivity contribution is 6.33. The van der Waals surface area contributed by atoms with E-state index < -0.39 is 11.6 Å². The number of alkyl halides is 3. The molecule has 132 valence electrons. The highest BCUT2D eigenvalue weighted by Crippen LogP contribution is 2.40. The minimum atomic E-state index is -4.23. The molecule has 0 aliphatic rings. The lowest BCUT2D eigenvalue weighted by Gasteiger charge is -2.27. The molecule has 0 bridgehead atoms. The second kappa shape index (κ2) is 6.79. The summed E-state index contributed by atoms with van der Waals surface area (Å²) in [6.07, 6.45) is -3.56. The van der Waals surface area contributed by atoms with Crippen molar-refractivity contribution >= 4 is 11.6 Å². The van der Waals surface area contributed by atoms with E-state index in [2.05, 4.69) is 5.10 Å². The van der Waals surface area contributed by atoms with Gasteiger partial charge in [0.1, 0.15) is 0 Å². The zero-order chi connectivity index (χ0) is 18.1. The number of rotatable bonds is 5. The summed E-state index contributed by atoms with van der Waals surface area (Å²) in [5, 5.41) is 5.09. The van der Waals surface area contributed by atoms with Crippen molar-refractivity contribution in [3.8, 4) is 11.3 Å². The first-order chi connectivity index (χ1) is 11.1. The lowest BCUT2D eigenvalue weighted by Crippen LogP contribution is -2.34. The van der Waals surface area contributed by atoms with E-state index in [1.54, 1.807) is 12.1 Å². The minimum absolute atomic E-state index is 0.0578. The van der Waals surface area contributed by atoms with Crippen LogP contribution in [0.3, 0.4) is 0 Å². The second-order valence-corrected chi connectivity index (χ2v) is 6.91. The monoisotopic (exact) mass is 358 g/mol. The molecule has 0 spiro atoms. The molecular formula is C18H22ClF3N2. The van der Waals surface area contributed by atoms with Crippen molar-refractivity contribution in [2.45, 2.75) is 53.3 Å². The smallest absolute Gasteiger partial charge is 0.263 e. The Morgan fingerprint density at radius 3 is 2.12 bits per heavy atom. The third-order valence-electron chi connectivity index (χ3n) is 4.24. The van der Waals surface area contributed by atoms with Crippen LogP contribution < -0.4 is 0 Å². The summed E-state index contributed by atoms with van der Waals surface area (Å²) in [5.41, 5.74) is 1.40. The molecule has 0 saturated heterocycles. The Labute approximate surface area is 145 Å². The molecule has 0 atom stereocenters. The summed E-state index contributed by atoms with van der Waals surface area (Å²) in [6.45, 7) is 7.08. The molecule has 24 heavy (non-hydrogen) atoms. The maximum atomic E-state index is 13.0. The Hall–Kier alpha value is -1.49. The highest BCUT2D eigenvalue weighted by atomic mass is 35.5. The normalized spacial score (nSPS) is 12.7. The maximum Gasteiger partial charge on any atom is 0.394 e. The van der Waals surface area contributed by atoms with Gasteiger partial charge in [0.15, 0.2) is 0 Å². The molecule has 0 aliphatic carbocycles. The molecule has 6 heteroatoms. The number of aryl methyl sites for hydroxylation is 2. The molecule has 0 N–H and O–H groups in total. The fourth-order valence-electron chi connectivity index (χ4n) is 2.61. The van der Waals surface area contributed by atoms with E-state index in [-0.39, 0.29) is 6.42 Å². The van der Waals surface area contributed by atoms with Gasteiger partial charge in [0.05, 0.1) is 21.8 Å². The van der Waals surface area contributed by atoms with Gasteiger partial charge in [0, 0.05) is 12.1 Å². The largest absolute Gasteiger partial charge is 0.394 e. The number of halogens is 4.